The highest BCUT2D eigenvalue weighted by molar-refractivity contribution is 9.10. The predicted octanol–water partition coefficient (Wildman–Crippen LogP) is 4.00. The maximum absolute atomic E-state index is 11.9. The molecule has 1 N–H and O–H groups in total. The Hall–Kier alpha value is -2.46. The third-order valence-corrected chi connectivity index (χ3v) is 4.43. The number of thioether (sulfide) groups is 1. The Morgan fingerprint density at radius 2 is 1.75 bits per heavy atom. The SMILES string of the molecule is O=C(CSc1ccc([N+](=O)[O-])cc1[N+](=O)[O-])Nc1ccc(Br)cc1. The van der Waals surface area contributed by atoms with E-state index in [2.05, 4.69) is 21.2 Å². The average Bonchev–Trinajstić information content (AvgIpc) is 2.54. The highest BCUT2D eigenvalue weighted by Crippen LogP contribution is 2.32. The Morgan fingerprint density at radius 1 is 1.08 bits per heavy atom. The summed E-state index contributed by atoms with van der Waals surface area (Å²) in [6, 6.07) is 10.3. The highest BCUT2D eigenvalue weighted by atomic mass is 79.9. The maximum Gasteiger partial charge on any atom is 0.289 e. The van der Waals surface area contributed by atoms with E-state index in [0.717, 1.165) is 22.3 Å². The molecule has 0 saturated heterocycles. The normalized spacial score (nSPS) is 10.2. The molecule has 0 heterocycles. The molecule has 2 aromatic rings. The molecule has 1 amide bonds. The van der Waals surface area contributed by atoms with Crippen LogP contribution in [0.25, 0.3) is 0 Å². The third kappa shape index (κ3) is 4.77. The number of halogens is 1. The van der Waals surface area contributed by atoms with Gasteiger partial charge in [-0.2, -0.15) is 0 Å². The number of benzene rings is 2. The van der Waals surface area contributed by atoms with Crippen molar-refractivity contribution >= 4 is 50.7 Å². The van der Waals surface area contributed by atoms with E-state index in [9.17, 15) is 25.0 Å². The Morgan fingerprint density at radius 3 is 2.33 bits per heavy atom. The fourth-order valence-electron chi connectivity index (χ4n) is 1.76. The molecule has 0 aliphatic heterocycles. The lowest BCUT2D eigenvalue weighted by Gasteiger charge is -2.06. The fourth-order valence-corrected chi connectivity index (χ4v) is 2.83. The number of carbonyl (C=O) groups excluding carboxylic acids is 1. The van der Waals surface area contributed by atoms with Gasteiger partial charge in [0.1, 0.15) is 0 Å². The standard InChI is InChI=1S/C14H10BrN3O5S/c15-9-1-3-10(4-2-9)16-14(19)8-24-13-6-5-11(17(20)21)7-12(13)18(22)23/h1-7H,8H2,(H,16,19). The van der Waals surface area contributed by atoms with Gasteiger partial charge in [-0.15, -0.1) is 11.8 Å². The first-order valence-electron chi connectivity index (χ1n) is 6.48. The van der Waals surface area contributed by atoms with E-state index < -0.39 is 15.5 Å². The molecule has 2 rings (SSSR count). The molecule has 124 valence electrons. The third-order valence-electron chi connectivity index (χ3n) is 2.84. The number of nitrogens with one attached hydrogen (secondary N) is 1. The van der Waals surface area contributed by atoms with Gasteiger partial charge in [0.2, 0.25) is 5.91 Å². The maximum atomic E-state index is 11.9. The lowest BCUT2D eigenvalue weighted by molar-refractivity contribution is -0.396. The fraction of sp³-hybridized carbons (Fsp3) is 0.0714. The van der Waals surface area contributed by atoms with Crippen LogP contribution in [0.1, 0.15) is 0 Å². The van der Waals surface area contributed by atoms with E-state index in [1.165, 1.54) is 12.1 Å². The number of carbonyl (C=O) groups is 1. The summed E-state index contributed by atoms with van der Waals surface area (Å²) in [6.07, 6.45) is 0. The first-order valence-corrected chi connectivity index (χ1v) is 8.25. The molecule has 0 fully saturated rings. The van der Waals surface area contributed by atoms with Crippen molar-refractivity contribution in [3.05, 3.63) is 67.2 Å². The summed E-state index contributed by atoms with van der Waals surface area (Å²) in [6.45, 7) is 0. The lowest BCUT2D eigenvalue weighted by Crippen LogP contribution is -2.14. The summed E-state index contributed by atoms with van der Waals surface area (Å²) < 4.78 is 0.872. The van der Waals surface area contributed by atoms with E-state index in [1.807, 2.05) is 0 Å². The molecule has 0 bridgehead atoms. The molecule has 24 heavy (non-hydrogen) atoms. The summed E-state index contributed by atoms with van der Waals surface area (Å²) >= 11 is 4.22. The molecule has 0 aliphatic carbocycles. The van der Waals surface area contributed by atoms with Gasteiger partial charge in [0, 0.05) is 16.2 Å². The number of anilines is 1. The van der Waals surface area contributed by atoms with Crippen molar-refractivity contribution in [2.75, 3.05) is 11.1 Å². The van der Waals surface area contributed by atoms with Crippen molar-refractivity contribution in [2.45, 2.75) is 4.90 Å². The number of nitrogens with zero attached hydrogens (tertiary/aromatic N) is 2. The molecule has 0 aliphatic rings. The molecular weight excluding hydrogens is 402 g/mol. The number of amides is 1. The van der Waals surface area contributed by atoms with Gasteiger partial charge < -0.3 is 5.32 Å². The van der Waals surface area contributed by atoms with Crippen molar-refractivity contribution in [1.29, 1.82) is 0 Å². The van der Waals surface area contributed by atoms with E-state index in [1.54, 1.807) is 24.3 Å². The smallest absolute Gasteiger partial charge is 0.289 e. The summed E-state index contributed by atoms with van der Waals surface area (Å²) in [5.74, 6) is -0.399. The summed E-state index contributed by atoms with van der Waals surface area (Å²) in [7, 11) is 0. The summed E-state index contributed by atoms with van der Waals surface area (Å²) in [5.41, 5.74) is -0.169. The van der Waals surface area contributed by atoms with Crippen molar-refractivity contribution in [3.8, 4) is 0 Å². The molecule has 8 nitrogen and oxygen atoms in total. The van der Waals surface area contributed by atoms with Crippen LogP contribution in [-0.2, 0) is 4.79 Å². The topological polar surface area (TPSA) is 115 Å². The van der Waals surface area contributed by atoms with Gasteiger partial charge in [0.25, 0.3) is 11.4 Å². The Bertz CT molecular complexity index is 797. The van der Waals surface area contributed by atoms with Gasteiger partial charge in [0.15, 0.2) is 0 Å². The zero-order chi connectivity index (χ0) is 17.7. The molecule has 0 unspecified atom stereocenters. The van der Waals surface area contributed by atoms with Gasteiger partial charge in [-0.25, -0.2) is 0 Å². The molecule has 2 aromatic carbocycles. The second-order valence-corrected chi connectivity index (χ2v) is 6.44. The van der Waals surface area contributed by atoms with Gasteiger partial charge in [-0.3, -0.25) is 25.0 Å². The van der Waals surface area contributed by atoms with Gasteiger partial charge >= 0.3 is 0 Å². The van der Waals surface area contributed by atoms with Crippen LogP contribution in [0, 0.1) is 20.2 Å². The summed E-state index contributed by atoms with van der Waals surface area (Å²) in [5, 5.41) is 24.4. The van der Waals surface area contributed by atoms with Crippen LogP contribution in [-0.4, -0.2) is 21.5 Å². The highest BCUT2D eigenvalue weighted by Gasteiger charge is 2.20. The molecule has 0 spiro atoms. The van der Waals surface area contributed by atoms with Crippen LogP contribution in [0.5, 0.6) is 0 Å². The first-order chi connectivity index (χ1) is 11.4. The van der Waals surface area contributed by atoms with Crippen LogP contribution < -0.4 is 5.32 Å². The average molecular weight is 412 g/mol. The predicted molar refractivity (Wildman–Crippen MR) is 93.2 cm³/mol. The molecule has 0 aromatic heterocycles. The van der Waals surface area contributed by atoms with E-state index >= 15 is 0 Å². The number of nitro groups is 2. The molecule has 0 atom stereocenters. The second kappa shape index (κ2) is 7.88. The quantitative estimate of drug-likeness (QED) is 0.436. The van der Waals surface area contributed by atoms with Crippen LogP contribution in [0.15, 0.2) is 51.8 Å². The van der Waals surface area contributed by atoms with Crippen molar-refractivity contribution in [3.63, 3.8) is 0 Å². The van der Waals surface area contributed by atoms with Gasteiger partial charge in [-0.05, 0) is 30.3 Å². The van der Waals surface area contributed by atoms with Crippen LogP contribution in [0.3, 0.4) is 0 Å². The van der Waals surface area contributed by atoms with Crippen LogP contribution in [0.4, 0.5) is 17.1 Å². The number of nitro benzene ring substituents is 2. The van der Waals surface area contributed by atoms with E-state index in [4.69, 9.17) is 0 Å². The molecule has 0 saturated carbocycles. The molecule has 0 radical (unpaired) electrons. The Labute approximate surface area is 148 Å². The second-order valence-electron chi connectivity index (χ2n) is 4.51. The largest absolute Gasteiger partial charge is 0.325 e. The number of hydrogen-bond donors (Lipinski definition) is 1. The molecule has 10 heteroatoms. The minimum atomic E-state index is -0.707. The number of non-ortho nitro benzene ring substituents is 1. The van der Waals surface area contributed by atoms with Crippen molar-refractivity contribution in [1.82, 2.24) is 0 Å². The molecular formula is C14H10BrN3O5S. The zero-order valence-corrected chi connectivity index (χ0v) is 14.4. The number of rotatable bonds is 6. The van der Waals surface area contributed by atoms with Crippen LogP contribution in [0.2, 0.25) is 0 Å². The monoisotopic (exact) mass is 411 g/mol. The minimum Gasteiger partial charge on any atom is -0.325 e. The van der Waals surface area contributed by atoms with Gasteiger partial charge in [0.05, 0.1) is 26.6 Å². The first kappa shape index (κ1) is 17.9. The zero-order valence-electron chi connectivity index (χ0n) is 12.0. The lowest BCUT2D eigenvalue weighted by atomic mass is 10.3. The Balaban J connectivity index is 2.05. The summed E-state index contributed by atoms with van der Waals surface area (Å²) in [4.78, 5) is 32.4. The van der Waals surface area contributed by atoms with Crippen molar-refractivity contribution in [2.24, 2.45) is 0 Å². The van der Waals surface area contributed by atoms with E-state index in [0.29, 0.717) is 5.69 Å². The van der Waals surface area contributed by atoms with Crippen LogP contribution >= 0.6 is 27.7 Å². The van der Waals surface area contributed by atoms with Gasteiger partial charge in [-0.1, -0.05) is 15.9 Å². The van der Waals surface area contributed by atoms with Crippen molar-refractivity contribution < 1.29 is 14.6 Å². The minimum absolute atomic E-state index is 0.0608. The van der Waals surface area contributed by atoms with E-state index in [-0.39, 0.29) is 22.2 Å². The number of hydrogen-bond acceptors (Lipinski definition) is 6. The Kier molecular flexibility index (Phi) is 5.88.